The predicted molar refractivity (Wildman–Crippen MR) is 89.4 cm³/mol. The number of thiazole rings is 1. The molecule has 0 aliphatic carbocycles. The van der Waals surface area contributed by atoms with Gasteiger partial charge in [-0.3, -0.25) is 0 Å². The van der Waals surface area contributed by atoms with Gasteiger partial charge in [-0.25, -0.2) is 15.0 Å². The van der Waals surface area contributed by atoms with Crippen LogP contribution in [0.25, 0.3) is 0 Å². The van der Waals surface area contributed by atoms with Gasteiger partial charge in [-0.1, -0.05) is 32.4 Å². The number of anilines is 1. The summed E-state index contributed by atoms with van der Waals surface area (Å²) in [6.45, 7) is 11.0. The molecular weight excluding hydrogens is 304 g/mol. The minimum atomic E-state index is -0.132. The average molecular weight is 325 g/mol. The fourth-order valence-corrected chi connectivity index (χ4v) is 2.95. The largest absolute Gasteiger partial charge is 0.354 e. The first-order valence-electron chi connectivity index (χ1n) is 6.85. The second-order valence-corrected chi connectivity index (χ2v) is 7.55. The van der Waals surface area contributed by atoms with Crippen molar-refractivity contribution in [1.29, 1.82) is 0 Å². The van der Waals surface area contributed by atoms with Gasteiger partial charge in [-0.2, -0.15) is 0 Å². The summed E-state index contributed by atoms with van der Waals surface area (Å²) >= 11 is 7.96. The van der Waals surface area contributed by atoms with Crippen LogP contribution >= 0.6 is 22.9 Å². The van der Waals surface area contributed by atoms with Crippen molar-refractivity contribution in [3.05, 3.63) is 32.6 Å². The minimum absolute atomic E-state index is 0.132. The lowest BCUT2D eigenvalue weighted by atomic mass is 9.95. The van der Waals surface area contributed by atoms with E-state index >= 15 is 0 Å². The molecule has 0 unspecified atom stereocenters. The van der Waals surface area contributed by atoms with Crippen LogP contribution in [0.1, 0.15) is 42.7 Å². The monoisotopic (exact) mass is 324 g/mol. The first kappa shape index (κ1) is 16.2. The molecule has 0 fully saturated rings. The summed E-state index contributed by atoms with van der Waals surface area (Å²) in [7, 11) is 2.03. The van der Waals surface area contributed by atoms with Gasteiger partial charge in [-0.15, -0.1) is 11.3 Å². The lowest BCUT2D eigenvalue weighted by Gasteiger charge is -2.24. The van der Waals surface area contributed by atoms with Crippen LogP contribution in [0.2, 0.25) is 5.15 Å². The van der Waals surface area contributed by atoms with Gasteiger partial charge in [0.1, 0.15) is 16.8 Å². The number of halogens is 1. The Hall–Kier alpha value is -1.20. The van der Waals surface area contributed by atoms with Crippen LogP contribution in [0.4, 0.5) is 5.82 Å². The van der Waals surface area contributed by atoms with E-state index in [0.717, 1.165) is 29.4 Å². The topological polar surface area (TPSA) is 41.9 Å². The third kappa shape index (κ3) is 3.52. The maximum Gasteiger partial charge on any atom is 0.137 e. The van der Waals surface area contributed by atoms with E-state index in [1.54, 1.807) is 11.3 Å². The van der Waals surface area contributed by atoms with Crippen LogP contribution < -0.4 is 4.90 Å². The van der Waals surface area contributed by atoms with Crippen LogP contribution in [0.5, 0.6) is 0 Å². The number of rotatable bonds is 3. The zero-order chi connectivity index (χ0) is 15.8. The Morgan fingerprint density at radius 1 is 1.24 bits per heavy atom. The van der Waals surface area contributed by atoms with Crippen molar-refractivity contribution in [2.24, 2.45) is 0 Å². The van der Waals surface area contributed by atoms with Crippen LogP contribution in [-0.2, 0) is 12.0 Å². The highest BCUT2D eigenvalue weighted by Gasteiger charge is 2.22. The molecule has 2 rings (SSSR count). The molecule has 4 nitrogen and oxygen atoms in total. The van der Waals surface area contributed by atoms with Gasteiger partial charge >= 0.3 is 0 Å². The Balaban J connectivity index is 2.38. The van der Waals surface area contributed by atoms with Gasteiger partial charge in [0.25, 0.3) is 0 Å². The van der Waals surface area contributed by atoms with Crippen molar-refractivity contribution >= 4 is 28.8 Å². The van der Waals surface area contributed by atoms with Gasteiger partial charge in [0.15, 0.2) is 0 Å². The highest BCUT2D eigenvalue weighted by molar-refractivity contribution is 7.09. The molecule has 0 radical (unpaired) electrons. The molecule has 0 N–H and O–H groups in total. The molecule has 0 aliphatic rings. The van der Waals surface area contributed by atoms with E-state index in [2.05, 4.69) is 35.6 Å². The molecule has 0 atom stereocenters. The van der Waals surface area contributed by atoms with Gasteiger partial charge in [0.2, 0.25) is 0 Å². The van der Waals surface area contributed by atoms with Crippen molar-refractivity contribution in [3.63, 3.8) is 0 Å². The number of nitrogens with zero attached hydrogens (tertiary/aromatic N) is 4. The fourth-order valence-electron chi connectivity index (χ4n) is 1.95. The molecule has 114 valence electrons. The summed E-state index contributed by atoms with van der Waals surface area (Å²) in [4.78, 5) is 16.8. The lowest BCUT2D eigenvalue weighted by molar-refractivity contribution is 0.544. The van der Waals surface area contributed by atoms with E-state index in [9.17, 15) is 0 Å². The van der Waals surface area contributed by atoms with Crippen molar-refractivity contribution in [3.8, 4) is 0 Å². The van der Waals surface area contributed by atoms with Crippen molar-refractivity contribution < 1.29 is 0 Å². The smallest absolute Gasteiger partial charge is 0.137 e. The van der Waals surface area contributed by atoms with Crippen molar-refractivity contribution in [2.75, 3.05) is 11.9 Å². The van der Waals surface area contributed by atoms with Crippen LogP contribution in [0, 0.1) is 13.8 Å². The fraction of sp³-hybridized carbons (Fsp3) is 0.533. The Labute approximate surface area is 135 Å². The lowest BCUT2D eigenvalue weighted by Crippen LogP contribution is -2.23. The molecule has 21 heavy (non-hydrogen) atoms. The maximum atomic E-state index is 6.29. The molecule has 0 bridgehead atoms. The van der Waals surface area contributed by atoms with E-state index in [1.807, 2.05) is 26.4 Å². The molecular formula is C15H21ClN4S. The summed E-state index contributed by atoms with van der Waals surface area (Å²) in [5, 5.41) is 0.526. The number of aryl methyl sites for hydroxylation is 1. The molecule has 2 aromatic heterocycles. The average Bonchev–Trinajstić information content (AvgIpc) is 2.76. The van der Waals surface area contributed by atoms with Crippen molar-refractivity contribution in [2.45, 2.75) is 46.6 Å². The molecule has 0 saturated heterocycles. The Bertz CT molecular complexity index is 646. The van der Waals surface area contributed by atoms with Crippen molar-refractivity contribution in [1.82, 2.24) is 15.0 Å². The highest BCUT2D eigenvalue weighted by Crippen LogP contribution is 2.29. The SMILES string of the molecule is Cc1ncsc1CN(C)c1nc(C(C)(C)C)nc(Cl)c1C. The Kier molecular flexibility index (Phi) is 4.54. The quantitative estimate of drug-likeness (QED) is 0.796. The van der Waals surface area contributed by atoms with E-state index in [1.165, 1.54) is 4.88 Å². The maximum absolute atomic E-state index is 6.29. The number of hydrogen-bond acceptors (Lipinski definition) is 5. The summed E-state index contributed by atoms with van der Waals surface area (Å²) in [5.74, 6) is 1.65. The van der Waals surface area contributed by atoms with E-state index < -0.39 is 0 Å². The molecule has 2 heterocycles. The summed E-state index contributed by atoms with van der Waals surface area (Å²) < 4.78 is 0. The summed E-state index contributed by atoms with van der Waals surface area (Å²) in [5.41, 5.74) is 3.72. The molecule has 0 saturated carbocycles. The minimum Gasteiger partial charge on any atom is -0.354 e. The summed E-state index contributed by atoms with van der Waals surface area (Å²) in [6, 6.07) is 0. The molecule has 0 amide bonds. The Morgan fingerprint density at radius 3 is 2.43 bits per heavy atom. The summed E-state index contributed by atoms with van der Waals surface area (Å²) in [6.07, 6.45) is 0. The van der Waals surface area contributed by atoms with E-state index in [-0.39, 0.29) is 5.41 Å². The third-order valence-electron chi connectivity index (χ3n) is 3.32. The van der Waals surface area contributed by atoms with Crippen LogP contribution in [0.3, 0.4) is 0 Å². The van der Waals surface area contributed by atoms with Crippen LogP contribution in [-0.4, -0.2) is 22.0 Å². The standard InChI is InChI=1S/C15H21ClN4S/c1-9-12(16)18-14(15(3,4)5)19-13(9)20(6)7-11-10(2)17-8-21-11/h8H,7H2,1-6H3. The normalized spacial score (nSPS) is 11.8. The van der Waals surface area contributed by atoms with Gasteiger partial charge in [-0.05, 0) is 13.8 Å². The van der Waals surface area contributed by atoms with Gasteiger partial charge in [0, 0.05) is 22.9 Å². The molecule has 6 heteroatoms. The number of aromatic nitrogens is 3. The van der Waals surface area contributed by atoms with E-state index in [0.29, 0.717) is 5.15 Å². The molecule has 0 spiro atoms. The van der Waals surface area contributed by atoms with E-state index in [4.69, 9.17) is 16.6 Å². The molecule has 0 aromatic carbocycles. The first-order valence-corrected chi connectivity index (χ1v) is 8.10. The Morgan fingerprint density at radius 2 is 1.90 bits per heavy atom. The number of hydrogen-bond donors (Lipinski definition) is 0. The molecule has 0 aliphatic heterocycles. The zero-order valence-electron chi connectivity index (χ0n) is 13.4. The first-order chi connectivity index (χ1) is 9.70. The highest BCUT2D eigenvalue weighted by atomic mass is 35.5. The predicted octanol–water partition coefficient (Wildman–Crippen LogP) is 4.14. The third-order valence-corrected chi connectivity index (χ3v) is 4.61. The molecule has 2 aromatic rings. The second kappa shape index (κ2) is 5.89. The zero-order valence-corrected chi connectivity index (χ0v) is 14.9. The van der Waals surface area contributed by atoms with Crippen LogP contribution in [0.15, 0.2) is 5.51 Å². The second-order valence-electron chi connectivity index (χ2n) is 6.25. The van der Waals surface area contributed by atoms with Gasteiger partial charge < -0.3 is 4.90 Å². The van der Waals surface area contributed by atoms with Gasteiger partial charge in [0.05, 0.1) is 17.7 Å².